The van der Waals surface area contributed by atoms with Gasteiger partial charge in [-0.25, -0.2) is 24.3 Å². The van der Waals surface area contributed by atoms with E-state index in [2.05, 4.69) is 31.8 Å². The highest BCUT2D eigenvalue weighted by atomic mass is 35.5. The number of aromatic nitrogens is 4. The molecule has 0 aliphatic carbocycles. The molecule has 1 atom stereocenters. The minimum Gasteiger partial charge on any atom is -0.496 e. The van der Waals surface area contributed by atoms with Crippen LogP contribution in [-0.4, -0.2) is 106 Å². The molecule has 0 spiro atoms. The summed E-state index contributed by atoms with van der Waals surface area (Å²) in [7, 11) is 3.73. The summed E-state index contributed by atoms with van der Waals surface area (Å²) in [5.74, 6) is 2.01. The first kappa shape index (κ1) is 42.9. The van der Waals surface area contributed by atoms with Gasteiger partial charge in [-0.15, -0.1) is 11.3 Å². The number of likely N-dealkylation sites (N-methyl/N-ethyl adjacent to an activating group) is 1. The molecule has 0 amide bonds. The number of nitrogens with zero attached hydrogens (tertiary/aromatic N) is 6. The second-order valence-electron chi connectivity index (χ2n) is 15.0. The highest BCUT2D eigenvalue weighted by Crippen LogP contribution is 2.49. The Balaban J connectivity index is 1.08. The van der Waals surface area contributed by atoms with Gasteiger partial charge in [0, 0.05) is 55.8 Å². The molecule has 4 aromatic carbocycles. The summed E-state index contributed by atoms with van der Waals surface area (Å²) in [6, 6.07) is 26.7. The van der Waals surface area contributed by atoms with E-state index in [0.717, 1.165) is 59.9 Å². The predicted octanol–water partition coefficient (Wildman–Crippen LogP) is 8.10. The van der Waals surface area contributed by atoms with Crippen molar-refractivity contribution >= 4 is 33.2 Å². The molecule has 320 valence electrons. The number of methoxy groups -OCH3 is 1. The highest BCUT2D eigenvalue weighted by molar-refractivity contribution is 7.22. The van der Waals surface area contributed by atoms with E-state index in [1.807, 2.05) is 61.5 Å². The first-order valence-electron chi connectivity index (χ1n) is 20.2. The number of aliphatic hydroxyl groups is 2. The molecule has 3 aromatic heterocycles. The Bertz CT molecular complexity index is 2640. The first-order valence-corrected chi connectivity index (χ1v) is 21.4. The fraction of sp³-hybridized carbons (Fsp3) is 0.277. The number of thiophene rings is 1. The van der Waals surface area contributed by atoms with E-state index in [1.165, 1.54) is 29.8 Å². The highest BCUT2D eigenvalue weighted by Gasteiger charge is 2.28. The molecule has 15 heteroatoms. The fourth-order valence-electron chi connectivity index (χ4n) is 7.42. The van der Waals surface area contributed by atoms with Crippen molar-refractivity contribution in [1.82, 2.24) is 29.7 Å². The number of halogens is 2. The average Bonchev–Trinajstić information content (AvgIpc) is 3.68. The zero-order valence-corrected chi connectivity index (χ0v) is 36.1. The maximum Gasteiger partial charge on any atom is 0.226 e. The van der Waals surface area contributed by atoms with Gasteiger partial charge in [0.1, 0.15) is 47.4 Å². The zero-order valence-electron chi connectivity index (χ0n) is 34.5. The predicted molar refractivity (Wildman–Crippen MR) is 239 cm³/mol. The second kappa shape index (κ2) is 19.5. The number of rotatable bonds is 16. The van der Waals surface area contributed by atoms with Gasteiger partial charge in [-0.1, -0.05) is 60.1 Å². The van der Waals surface area contributed by atoms with Crippen LogP contribution in [0, 0.1) is 12.7 Å². The van der Waals surface area contributed by atoms with Gasteiger partial charge in [0.2, 0.25) is 5.88 Å². The van der Waals surface area contributed by atoms with Gasteiger partial charge in [-0.3, -0.25) is 4.90 Å². The van der Waals surface area contributed by atoms with Crippen molar-refractivity contribution in [3.63, 3.8) is 0 Å². The molecular weight excluding hydrogens is 831 g/mol. The summed E-state index contributed by atoms with van der Waals surface area (Å²) in [4.78, 5) is 24.4. The van der Waals surface area contributed by atoms with Crippen molar-refractivity contribution in [2.75, 3.05) is 53.5 Å². The number of hydrogen-bond acceptors (Lipinski definition) is 13. The number of ether oxygens (including phenoxy) is 4. The Hall–Kier alpha value is -5.74. The molecule has 0 unspecified atom stereocenters. The van der Waals surface area contributed by atoms with Crippen molar-refractivity contribution in [2.45, 2.75) is 32.3 Å². The number of piperazine rings is 1. The smallest absolute Gasteiger partial charge is 0.226 e. The molecule has 0 saturated carbocycles. The average molecular weight is 877 g/mol. The van der Waals surface area contributed by atoms with Crippen LogP contribution in [0.25, 0.3) is 43.2 Å². The topological polar surface area (TPSA) is 135 Å². The maximum atomic E-state index is 14.2. The number of benzene rings is 4. The van der Waals surface area contributed by atoms with Gasteiger partial charge in [0.25, 0.3) is 0 Å². The van der Waals surface area contributed by atoms with Crippen LogP contribution >= 0.6 is 22.9 Å². The van der Waals surface area contributed by atoms with Gasteiger partial charge in [0.05, 0.1) is 28.8 Å². The van der Waals surface area contributed by atoms with Crippen LogP contribution in [0.5, 0.6) is 23.1 Å². The summed E-state index contributed by atoms with van der Waals surface area (Å²) in [5, 5.41) is 22.6. The van der Waals surface area contributed by atoms with Crippen molar-refractivity contribution in [3.05, 3.63) is 131 Å². The summed E-state index contributed by atoms with van der Waals surface area (Å²) >= 11 is 8.45. The number of aliphatic hydroxyl groups excluding tert-OH is 1. The lowest BCUT2D eigenvalue weighted by atomic mass is 9.96. The summed E-state index contributed by atoms with van der Waals surface area (Å²) in [5.41, 5.74) is 5.04. The van der Waals surface area contributed by atoms with Crippen LogP contribution in [-0.2, 0) is 13.0 Å². The summed E-state index contributed by atoms with van der Waals surface area (Å²) in [6.07, 6.45) is 0.00212. The van der Waals surface area contributed by atoms with Gasteiger partial charge < -0.3 is 34.1 Å². The van der Waals surface area contributed by atoms with Crippen LogP contribution < -0.4 is 18.9 Å². The first-order chi connectivity index (χ1) is 30.2. The van der Waals surface area contributed by atoms with E-state index >= 15 is 0 Å². The Morgan fingerprint density at radius 1 is 0.839 bits per heavy atom. The van der Waals surface area contributed by atoms with Crippen molar-refractivity contribution in [3.8, 4) is 56.1 Å². The zero-order chi connectivity index (χ0) is 43.2. The summed E-state index contributed by atoms with van der Waals surface area (Å²) < 4.78 is 38.7. The van der Waals surface area contributed by atoms with E-state index in [1.54, 1.807) is 37.6 Å². The molecule has 7 aromatic rings. The molecule has 8 rings (SSSR count). The monoisotopic (exact) mass is 876 g/mol. The van der Waals surface area contributed by atoms with Gasteiger partial charge in [-0.2, -0.15) is 0 Å². The third-order valence-electron chi connectivity index (χ3n) is 10.9. The van der Waals surface area contributed by atoms with E-state index in [-0.39, 0.29) is 24.7 Å². The molecule has 1 saturated heterocycles. The van der Waals surface area contributed by atoms with Crippen LogP contribution in [0.15, 0.2) is 104 Å². The number of fused-ring (bicyclic) bond motifs is 1. The van der Waals surface area contributed by atoms with Crippen LogP contribution in [0.4, 0.5) is 4.39 Å². The normalized spacial score (nSPS) is 14.0. The Morgan fingerprint density at radius 3 is 2.37 bits per heavy atom. The fourth-order valence-corrected chi connectivity index (χ4v) is 8.80. The van der Waals surface area contributed by atoms with Crippen LogP contribution in [0.3, 0.4) is 0 Å². The molecule has 62 heavy (non-hydrogen) atoms. The van der Waals surface area contributed by atoms with Crippen LogP contribution in [0.2, 0.25) is 5.02 Å². The SMILES string of the molecule is COc1ccccc1-c1nccc(COc2ccccc2C[C@@H](Oc2ncnc3sc(-c4ccc(F)cc4)c(-c4ccc(OCCN5CCN(C)CC5)c(Cl)c4C)c23)C(O)O)n1. The molecule has 12 nitrogen and oxygen atoms in total. The summed E-state index contributed by atoms with van der Waals surface area (Å²) in [6.45, 7) is 7.33. The number of hydrogen-bond donors (Lipinski definition) is 2. The minimum atomic E-state index is -1.91. The quantitative estimate of drug-likeness (QED) is 0.0909. The van der Waals surface area contributed by atoms with E-state index in [9.17, 15) is 14.6 Å². The molecule has 0 radical (unpaired) electrons. The van der Waals surface area contributed by atoms with Crippen molar-refractivity contribution in [2.24, 2.45) is 0 Å². The lowest BCUT2D eigenvalue weighted by Crippen LogP contribution is -2.45. The molecule has 0 bridgehead atoms. The molecule has 4 heterocycles. The molecular formula is C47H46ClFN6O6S. The maximum absolute atomic E-state index is 14.2. The van der Waals surface area contributed by atoms with Crippen molar-refractivity contribution in [1.29, 1.82) is 0 Å². The second-order valence-corrected chi connectivity index (χ2v) is 16.3. The third-order valence-corrected chi connectivity index (χ3v) is 12.5. The molecule has 1 fully saturated rings. The Kier molecular flexibility index (Phi) is 13.5. The lowest BCUT2D eigenvalue weighted by Gasteiger charge is -2.32. The molecule has 2 N–H and O–H groups in total. The Morgan fingerprint density at radius 2 is 1.60 bits per heavy atom. The van der Waals surface area contributed by atoms with E-state index in [0.29, 0.717) is 61.7 Å². The van der Waals surface area contributed by atoms with Crippen molar-refractivity contribution < 1.29 is 33.6 Å². The standard InChI is InChI=1S/C47H46ClFN6O6S/c1-29-34(16-17-38(42(29)48)59-25-24-55-22-20-54(2)21-23-55)40-41-45(51-28-52-46(41)62-43(40)30-12-14-32(49)15-13-30)61-39(47(56)57)26-31-8-4-6-10-36(31)60-27-33-18-19-50-44(53-33)35-9-5-7-11-37(35)58-3/h4-19,28,39,47,56-57H,20-27H2,1-3H3/t39-/m1/s1. The largest absolute Gasteiger partial charge is 0.496 e. The minimum absolute atomic E-state index is 0.0465. The lowest BCUT2D eigenvalue weighted by molar-refractivity contribution is -0.112. The molecule has 1 aliphatic heterocycles. The number of para-hydroxylation sites is 2. The van der Waals surface area contributed by atoms with Crippen LogP contribution in [0.1, 0.15) is 16.8 Å². The van der Waals surface area contributed by atoms with Gasteiger partial charge >= 0.3 is 0 Å². The Labute approximate surface area is 368 Å². The van der Waals surface area contributed by atoms with E-state index in [4.69, 9.17) is 35.5 Å². The van der Waals surface area contributed by atoms with Gasteiger partial charge in [-0.05, 0) is 78.7 Å². The van der Waals surface area contributed by atoms with Gasteiger partial charge in [0.15, 0.2) is 18.2 Å². The molecule has 1 aliphatic rings. The third kappa shape index (κ3) is 9.65. The van der Waals surface area contributed by atoms with E-state index < -0.39 is 12.4 Å².